The van der Waals surface area contributed by atoms with Gasteiger partial charge in [0.2, 0.25) is 0 Å². The van der Waals surface area contributed by atoms with Gasteiger partial charge in [-0.25, -0.2) is 0 Å². The second-order valence-corrected chi connectivity index (χ2v) is 35.8. The predicted octanol–water partition coefficient (Wildman–Crippen LogP) is 24.1. The molecule has 0 bridgehead atoms. The lowest BCUT2D eigenvalue weighted by atomic mass is 9.33. The van der Waals surface area contributed by atoms with Crippen LogP contribution in [0.4, 0.5) is 68.2 Å². The van der Waals surface area contributed by atoms with E-state index in [2.05, 4.69) is 385 Å². The maximum atomic E-state index is 2.69. The van der Waals surface area contributed by atoms with Crippen LogP contribution in [-0.2, 0) is 43.3 Å². The first kappa shape index (κ1) is 66.1. The smallest absolute Gasteiger partial charge is 0.252 e. The zero-order chi connectivity index (χ0) is 68.9. The molecular weight excluding hydrogens is 1160 g/mol. The van der Waals surface area contributed by atoms with Crippen molar-refractivity contribution in [3.05, 3.63) is 256 Å². The summed E-state index contributed by atoms with van der Waals surface area (Å²) in [6.07, 6.45) is 0. The molecule has 0 saturated carbocycles. The number of benzene rings is 10. The van der Waals surface area contributed by atoms with Gasteiger partial charge < -0.3 is 19.6 Å². The number of hydrogen-bond acceptors (Lipinski definition) is 4. The second-order valence-electron chi connectivity index (χ2n) is 35.8. The second kappa shape index (κ2) is 22.8. The Morgan fingerprint density at radius 1 is 0.292 bits per heavy atom. The fraction of sp³-hybridized carbons (Fsp3) is 0.341. The van der Waals surface area contributed by atoms with Crippen molar-refractivity contribution >= 4 is 91.3 Å². The maximum absolute atomic E-state index is 2.69. The SMILES string of the molecule is CC(C)(C)c1ccc(N(c2ccc(C(C)(C)C)cc2)c2cc3c4c(c2)N(c2cc(N(c5ccc(C(C)(C)C)cc5)c5ccc(C(C)(C)C)cc5)c5c(c2)C(C)(C)c2ccccc2-5)c2ccc(C(C)(C)C)cc2B4c2cc(C(C)(C)C)ccc2N3c2ccc(C(C)(C)C)cc2)cc1. The third-order valence-electron chi connectivity index (χ3n) is 21.1. The van der Waals surface area contributed by atoms with Crippen LogP contribution >= 0.6 is 0 Å². The minimum atomic E-state index is -0.361. The summed E-state index contributed by atoms with van der Waals surface area (Å²) < 4.78 is 0. The Kier molecular flexibility index (Phi) is 15.7. The zero-order valence-electron chi connectivity index (χ0n) is 62.0. The van der Waals surface area contributed by atoms with Gasteiger partial charge in [-0.05, 0) is 207 Å². The van der Waals surface area contributed by atoms with Crippen LogP contribution in [0.1, 0.15) is 209 Å². The van der Waals surface area contributed by atoms with Crippen molar-refractivity contribution < 1.29 is 0 Å². The van der Waals surface area contributed by atoms with Gasteiger partial charge in [0.15, 0.2) is 0 Å². The molecule has 0 atom stereocenters. The molecule has 4 nitrogen and oxygen atoms in total. The molecule has 0 saturated heterocycles. The summed E-state index contributed by atoms with van der Waals surface area (Å²) in [5, 5.41) is 0. The topological polar surface area (TPSA) is 13.0 Å². The largest absolute Gasteiger partial charge is 0.311 e. The number of nitrogens with zero attached hydrogens (tertiary/aromatic N) is 4. The van der Waals surface area contributed by atoms with Gasteiger partial charge in [0.05, 0.1) is 11.4 Å². The molecule has 490 valence electrons. The molecule has 10 aromatic carbocycles. The summed E-state index contributed by atoms with van der Waals surface area (Å²) in [5.41, 5.74) is 31.1. The Bertz CT molecular complexity index is 4500. The van der Waals surface area contributed by atoms with E-state index < -0.39 is 0 Å². The summed E-state index contributed by atoms with van der Waals surface area (Å²) >= 11 is 0. The van der Waals surface area contributed by atoms with Crippen molar-refractivity contribution in [3.63, 3.8) is 0 Å². The van der Waals surface area contributed by atoms with Crippen LogP contribution in [0.5, 0.6) is 0 Å². The fourth-order valence-corrected chi connectivity index (χ4v) is 15.1. The zero-order valence-corrected chi connectivity index (χ0v) is 62.0. The average molecular weight is 1260 g/mol. The Balaban J connectivity index is 1.19. The van der Waals surface area contributed by atoms with Gasteiger partial charge in [0, 0.05) is 67.9 Å². The van der Waals surface area contributed by atoms with E-state index in [0.29, 0.717) is 0 Å². The number of fused-ring (bicyclic) bond motifs is 7. The van der Waals surface area contributed by atoms with Crippen LogP contribution in [0.2, 0.25) is 0 Å². The maximum Gasteiger partial charge on any atom is 0.252 e. The number of rotatable bonds is 8. The average Bonchev–Trinajstić information content (AvgIpc) is 0.873. The number of anilines is 12. The first-order valence-corrected chi connectivity index (χ1v) is 35.3. The van der Waals surface area contributed by atoms with Gasteiger partial charge in [-0.15, -0.1) is 0 Å². The monoisotopic (exact) mass is 1260 g/mol. The molecule has 2 heterocycles. The van der Waals surface area contributed by atoms with E-state index in [9.17, 15) is 0 Å². The van der Waals surface area contributed by atoms with Crippen molar-refractivity contribution in [1.29, 1.82) is 0 Å². The lowest BCUT2D eigenvalue weighted by Gasteiger charge is -2.46. The van der Waals surface area contributed by atoms with Gasteiger partial charge in [0.1, 0.15) is 0 Å². The molecule has 10 aromatic rings. The summed E-state index contributed by atoms with van der Waals surface area (Å²) in [5.74, 6) is 0. The molecule has 0 aromatic heterocycles. The summed E-state index contributed by atoms with van der Waals surface area (Å²) in [4.78, 5) is 10.4. The molecule has 2 aliphatic heterocycles. The Morgan fingerprint density at radius 2 is 0.625 bits per heavy atom. The van der Waals surface area contributed by atoms with Crippen molar-refractivity contribution in [2.75, 3.05) is 19.6 Å². The normalized spacial score (nSPS) is 14.4. The lowest BCUT2D eigenvalue weighted by Crippen LogP contribution is -2.61. The van der Waals surface area contributed by atoms with E-state index in [1.807, 2.05) is 0 Å². The molecule has 3 aliphatic rings. The Morgan fingerprint density at radius 3 is 1.00 bits per heavy atom. The van der Waals surface area contributed by atoms with Gasteiger partial charge >= 0.3 is 0 Å². The molecule has 13 rings (SSSR count). The van der Waals surface area contributed by atoms with Crippen LogP contribution in [0, 0.1) is 0 Å². The predicted molar refractivity (Wildman–Crippen MR) is 418 cm³/mol. The van der Waals surface area contributed by atoms with Crippen LogP contribution < -0.4 is 36.0 Å². The van der Waals surface area contributed by atoms with Crippen molar-refractivity contribution in [1.82, 2.24) is 0 Å². The van der Waals surface area contributed by atoms with Gasteiger partial charge in [-0.3, -0.25) is 0 Å². The van der Waals surface area contributed by atoms with E-state index in [1.165, 1.54) is 94.6 Å². The van der Waals surface area contributed by atoms with E-state index in [4.69, 9.17) is 0 Å². The fourth-order valence-electron chi connectivity index (χ4n) is 15.1. The summed E-state index contributed by atoms with van der Waals surface area (Å²) in [6.45, 7) is 53.7. The van der Waals surface area contributed by atoms with Gasteiger partial charge in [-0.2, -0.15) is 0 Å². The third-order valence-corrected chi connectivity index (χ3v) is 21.1. The molecule has 0 fully saturated rings. The molecule has 0 N–H and O–H groups in total. The van der Waals surface area contributed by atoms with E-state index in [1.54, 1.807) is 0 Å². The minimum Gasteiger partial charge on any atom is -0.311 e. The molecule has 0 radical (unpaired) electrons. The molecule has 0 spiro atoms. The molecule has 96 heavy (non-hydrogen) atoms. The van der Waals surface area contributed by atoms with Crippen molar-refractivity contribution in [2.24, 2.45) is 0 Å². The van der Waals surface area contributed by atoms with Gasteiger partial charge in [0.25, 0.3) is 6.71 Å². The standard InChI is InChI=1S/C91H103BN4/c1-84(2,3)58-28-40-65(41-29-58)93(66-42-30-59(31-43-66)85(4,5)6)71-56-80-83-81(57-71)96(78-51-39-64(90(19,20)21)53-76(78)92(83)75-52-63(89(16,17)18)38-50-77(75)95(80)69-48-36-62(37-49-69)88(13,14)15)70-54-74-82(72-26-24-25-27-73(72)91(74,22)23)79(55-70)94(67-44-32-60(33-45-67)86(7,8)9)68-46-34-61(35-47-68)87(10,11)12/h24-57H,1-23H3. The van der Waals surface area contributed by atoms with Crippen LogP contribution in [0.25, 0.3) is 11.1 Å². The lowest BCUT2D eigenvalue weighted by molar-refractivity contribution is 0.590. The first-order valence-electron chi connectivity index (χ1n) is 35.3. The highest BCUT2D eigenvalue weighted by Gasteiger charge is 2.47. The highest BCUT2D eigenvalue weighted by molar-refractivity contribution is 7.00. The van der Waals surface area contributed by atoms with Crippen LogP contribution in [0.3, 0.4) is 0 Å². The first-order chi connectivity index (χ1) is 44.8. The van der Waals surface area contributed by atoms with Gasteiger partial charge in [-0.1, -0.05) is 268 Å². The Labute approximate surface area is 577 Å². The molecule has 0 amide bonds. The van der Waals surface area contributed by atoms with E-state index in [0.717, 1.165) is 51.2 Å². The molecular formula is C91H103BN4. The molecule has 0 unspecified atom stereocenters. The number of hydrogen-bond donors (Lipinski definition) is 0. The van der Waals surface area contributed by atoms with E-state index in [-0.39, 0.29) is 50.0 Å². The van der Waals surface area contributed by atoms with Crippen molar-refractivity contribution in [3.8, 4) is 11.1 Å². The van der Waals surface area contributed by atoms with Crippen LogP contribution in [-0.4, -0.2) is 6.71 Å². The summed E-state index contributed by atoms with van der Waals surface area (Å²) in [6, 6.07) is 81.5. The highest BCUT2D eigenvalue weighted by Crippen LogP contribution is 2.58. The quantitative estimate of drug-likeness (QED) is 0.141. The highest BCUT2D eigenvalue weighted by atomic mass is 15.2. The van der Waals surface area contributed by atoms with E-state index >= 15 is 0 Å². The minimum absolute atomic E-state index is 0.0243. The molecule has 1 aliphatic carbocycles. The third kappa shape index (κ3) is 11.7. The molecule has 5 heteroatoms. The Hall–Kier alpha value is -8.54. The summed E-state index contributed by atoms with van der Waals surface area (Å²) in [7, 11) is 0. The van der Waals surface area contributed by atoms with Crippen molar-refractivity contribution in [2.45, 2.75) is 203 Å². The van der Waals surface area contributed by atoms with Crippen LogP contribution in [0.15, 0.2) is 206 Å².